The summed E-state index contributed by atoms with van der Waals surface area (Å²) in [5, 5.41) is 2.16. The van der Waals surface area contributed by atoms with Gasteiger partial charge in [0.25, 0.3) is 11.8 Å². The van der Waals surface area contributed by atoms with Crippen molar-refractivity contribution < 1.29 is 23.2 Å². The maximum absolute atomic E-state index is 12.7. The second-order valence-corrected chi connectivity index (χ2v) is 6.91. The summed E-state index contributed by atoms with van der Waals surface area (Å²) in [6, 6.07) is 13.4. The first kappa shape index (κ1) is 18.0. The van der Waals surface area contributed by atoms with Crippen LogP contribution in [0, 0.1) is 0 Å². The van der Waals surface area contributed by atoms with Gasteiger partial charge in [-0.05, 0) is 42.5 Å². The molecule has 1 N–H and O–H groups in total. The lowest BCUT2D eigenvalue weighted by atomic mass is 10.1. The van der Waals surface area contributed by atoms with Crippen molar-refractivity contribution in [2.24, 2.45) is 0 Å². The molecule has 3 aromatic rings. The van der Waals surface area contributed by atoms with Crippen molar-refractivity contribution in [2.75, 3.05) is 0 Å². The van der Waals surface area contributed by atoms with Crippen LogP contribution in [-0.4, -0.2) is 22.7 Å². The number of benzene rings is 1. The van der Waals surface area contributed by atoms with Gasteiger partial charge in [0.05, 0.1) is 12.8 Å². The van der Waals surface area contributed by atoms with Crippen LogP contribution in [0.4, 0.5) is 4.79 Å². The van der Waals surface area contributed by atoms with Crippen LogP contribution in [0.3, 0.4) is 0 Å². The molecule has 1 aliphatic rings. The summed E-state index contributed by atoms with van der Waals surface area (Å²) in [5.41, 5.74) is 0.657. The van der Waals surface area contributed by atoms with Crippen LogP contribution >= 0.6 is 15.9 Å². The van der Waals surface area contributed by atoms with E-state index in [-0.39, 0.29) is 12.1 Å². The van der Waals surface area contributed by atoms with Crippen molar-refractivity contribution in [2.45, 2.75) is 6.54 Å². The van der Waals surface area contributed by atoms with Gasteiger partial charge in [-0.15, -0.1) is 0 Å². The smallest absolute Gasteiger partial charge is 0.331 e. The number of furan rings is 2. The number of hydrogen-bond donors (Lipinski definition) is 1. The number of nitrogens with zero attached hydrogens (tertiary/aromatic N) is 1. The number of carbonyl (C=O) groups is 3. The van der Waals surface area contributed by atoms with Gasteiger partial charge >= 0.3 is 6.03 Å². The molecule has 7 nitrogen and oxygen atoms in total. The van der Waals surface area contributed by atoms with Gasteiger partial charge in [-0.3, -0.25) is 19.8 Å². The Labute approximate surface area is 167 Å². The Morgan fingerprint density at radius 3 is 2.54 bits per heavy atom. The van der Waals surface area contributed by atoms with Gasteiger partial charge in [0.1, 0.15) is 22.9 Å². The number of amides is 4. The topological polar surface area (TPSA) is 92.8 Å². The van der Waals surface area contributed by atoms with Crippen LogP contribution in [0.25, 0.3) is 17.4 Å². The number of barbiturate groups is 1. The summed E-state index contributed by atoms with van der Waals surface area (Å²) in [7, 11) is 0. The largest absolute Gasteiger partial charge is 0.467 e. The Balaban J connectivity index is 1.61. The number of carbonyl (C=O) groups excluding carboxylic acids is 3. The monoisotopic (exact) mass is 440 g/mol. The fourth-order valence-electron chi connectivity index (χ4n) is 2.74. The summed E-state index contributed by atoms with van der Waals surface area (Å²) in [6.45, 7) is -0.0788. The second-order valence-electron chi connectivity index (χ2n) is 6.00. The van der Waals surface area contributed by atoms with Gasteiger partial charge in [-0.1, -0.05) is 28.1 Å². The minimum atomic E-state index is -0.793. The second kappa shape index (κ2) is 7.32. The minimum absolute atomic E-state index is 0.0788. The van der Waals surface area contributed by atoms with Crippen LogP contribution in [0.1, 0.15) is 11.5 Å². The number of halogens is 1. The third kappa shape index (κ3) is 3.54. The lowest BCUT2D eigenvalue weighted by Crippen LogP contribution is -2.53. The van der Waals surface area contributed by atoms with E-state index in [4.69, 9.17) is 8.83 Å². The highest BCUT2D eigenvalue weighted by atomic mass is 79.9. The van der Waals surface area contributed by atoms with E-state index in [9.17, 15) is 14.4 Å². The molecular weight excluding hydrogens is 428 g/mol. The molecular formula is C20H13BrN2O5. The predicted octanol–water partition coefficient (Wildman–Crippen LogP) is 3.96. The van der Waals surface area contributed by atoms with Crippen molar-refractivity contribution in [3.05, 3.63) is 76.4 Å². The molecule has 3 heterocycles. The van der Waals surface area contributed by atoms with E-state index in [1.165, 1.54) is 12.3 Å². The highest BCUT2D eigenvalue weighted by Crippen LogP contribution is 2.26. The maximum atomic E-state index is 12.7. The molecule has 4 amide bonds. The van der Waals surface area contributed by atoms with Crippen LogP contribution in [0.5, 0.6) is 0 Å². The van der Waals surface area contributed by atoms with E-state index in [1.54, 1.807) is 24.3 Å². The first-order chi connectivity index (χ1) is 13.5. The van der Waals surface area contributed by atoms with Crippen molar-refractivity contribution in [1.82, 2.24) is 10.2 Å². The van der Waals surface area contributed by atoms with Crippen molar-refractivity contribution in [3.63, 3.8) is 0 Å². The van der Waals surface area contributed by atoms with Crippen molar-refractivity contribution >= 4 is 39.9 Å². The molecule has 0 saturated carbocycles. The van der Waals surface area contributed by atoms with E-state index in [0.29, 0.717) is 17.3 Å². The average Bonchev–Trinajstić information content (AvgIpc) is 3.35. The molecule has 0 unspecified atom stereocenters. The number of rotatable bonds is 4. The maximum Gasteiger partial charge on any atom is 0.331 e. The summed E-state index contributed by atoms with van der Waals surface area (Å²) in [6.07, 6.45) is 2.76. The molecule has 0 radical (unpaired) electrons. The Morgan fingerprint density at radius 1 is 1.04 bits per heavy atom. The predicted molar refractivity (Wildman–Crippen MR) is 103 cm³/mol. The standard InChI is InChI=1S/C20H13BrN2O5/c21-13-5-3-12(4-6-13)17-8-7-14(28-17)10-16-18(24)22-20(26)23(19(16)25)11-15-2-1-9-27-15/h1-10H,11H2,(H,22,24,26). The number of nitrogens with one attached hydrogen (secondary N) is 1. The zero-order chi connectivity index (χ0) is 19.7. The van der Waals surface area contributed by atoms with Crippen LogP contribution < -0.4 is 5.32 Å². The van der Waals surface area contributed by atoms with Crippen molar-refractivity contribution in [1.29, 1.82) is 0 Å². The van der Waals surface area contributed by atoms with Gasteiger partial charge in [-0.2, -0.15) is 0 Å². The Kier molecular flexibility index (Phi) is 4.70. The Morgan fingerprint density at radius 2 is 1.82 bits per heavy atom. The zero-order valence-corrected chi connectivity index (χ0v) is 15.9. The number of urea groups is 1. The van der Waals surface area contributed by atoms with E-state index in [0.717, 1.165) is 14.9 Å². The quantitative estimate of drug-likeness (QED) is 0.489. The van der Waals surface area contributed by atoms with E-state index in [2.05, 4.69) is 21.2 Å². The molecule has 2 aromatic heterocycles. The molecule has 1 aliphatic heterocycles. The molecule has 4 rings (SSSR count). The van der Waals surface area contributed by atoms with E-state index < -0.39 is 17.8 Å². The fourth-order valence-corrected chi connectivity index (χ4v) is 3.00. The van der Waals surface area contributed by atoms with Gasteiger partial charge in [0, 0.05) is 10.0 Å². The first-order valence-corrected chi connectivity index (χ1v) is 9.07. The lowest BCUT2D eigenvalue weighted by molar-refractivity contribution is -0.130. The molecule has 0 aliphatic carbocycles. The first-order valence-electron chi connectivity index (χ1n) is 8.28. The SMILES string of the molecule is O=C1NC(=O)N(Cc2ccco2)C(=O)C1=Cc1ccc(-c2ccc(Br)cc2)o1. The molecule has 1 fully saturated rings. The van der Waals surface area contributed by atoms with Gasteiger partial charge in [-0.25, -0.2) is 4.79 Å². The number of imide groups is 2. The third-order valence-corrected chi connectivity index (χ3v) is 4.65. The summed E-state index contributed by atoms with van der Waals surface area (Å²) in [4.78, 5) is 37.8. The zero-order valence-electron chi connectivity index (χ0n) is 14.3. The van der Waals surface area contributed by atoms with Crippen LogP contribution in [-0.2, 0) is 16.1 Å². The molecule has 0 bridgehead atoms. The Bertz CT molecular complexity index is 1080. The fraction of sp³-hybridized carbons (Fsp3) is 0.0500. The molecule has 0 spiro atoms. The highest BCUT2D eigenvalue weighted by molar-refractivity contribution is 9.10. The molecule has 140 valence electrons. The molecule has 0 atom stereocenters. The lowest BCUT2D eigenvalue weighted by Gasteiger charge is -2.25. The number of hydrogen-bond acceptors (Lipinski definition) is 5. The van der Waals surface area contributed by atoms with Crippen molar-refractivity contribution in [3.8, 4) is 11.3 Å². The molecule has 1 saturated heterocycles. The highest BCUT2D eigenvalue weighted by Gasteiger charge is 2.36. The third-order valence-electron chi connectivity index (χ3n) is 4.12. The summed E-state index contributed by atoms with van der Waals surface area (Å²) in [5.74, 6) is -0.151. The summed E-state index contributed by atoms with van der Waals surface area (Å²) >= 11 is 3.37. The molecule has 1 aromatic carbocycles. The van der Waals surface area contributed by atoms with E-state index in [1.807, 2.05) is 24.3 Å². The van der Waals surface area contributed by atoms with Crippen LogP contribution in [0.15, 0.2) is 73.7 Å². The van der Waals surface area contributed by atoms with E-state index >= 15 is 0 Å². The Hall–Kier alpha value is -3.39. The van der Waals surface area contributed by atoms with Crippen LogP contribution in [0.2, 0.25) is 0 Å². The molecule has 8 heteroatoms. The molecule has 28 heavy (non-hydrogen) atoms. The normalized spacial score (nSPS) is 16.0. The van der Waals surface area contributed by atoms with Gasteiger partial charge in [0.15, 0.2) is 0 Å². The van der Waals surface area contributed by atoms with Gasteiger partial charge < -0.3 is 8.83 Å². The van der Waals surface area contributed by atoms with Gasteiger partial charge in [0.2, 0.25) is 0 Å². The average molecular weight is 441 g/mol. The minimum Gasteiger partial charge on any atom is -0.467 e. The summed E-state index contributed by atoms with van der Waals surface area (Å²) < 4.78 is 11.8.